The Morgan fingerprint density at radius 2 is 1.96 bits per heavy atom. The van der Waals surface area contributed by atoms with E-state index in [0.29, 0.717) is 22.4 Å². The molecule has 7 nitrogen and oxygen atoms in total. The lowest BCUT2D eigenvalue weighted by molar-refractivity contribution is -0.153. The largest absolute Gasteiger partial charge is 0.453 e. The van der Waals surface area contributed by atoms with Crippen LogP contribution in [0.15, 0.2) is 53.3 Å². The Kier molecular flexibility index (Phi) is 5.84. The summed E-state index contributed by atoms with van der Waals surface area (Å²) in [6.45, 7) is 3.43. The van der Waals surface area contributed by atoms with E-state index >= 15 is 0 Å². The first kappa shape index (κ1) is 19.3. The molecule has 3 rings (SSSR count). The first-order valence-electron chi connectivity index (χ1n) is 8.97. The number of hydrogen-bond donors (Lipinski definition) is 2. The maximum Gasteiger partial charge on any atom is 0.307 e. The second-order valence-electron chi connectivity index (χ2n) is 6.52. The molecule has 1 aromatic heterocycles. The number of rotatable bonds is 6. The number of carbonyl (C=O) groups excluding carboxylic acids is 2. The average molecular weight is 379 g/mol. The van der Waals surface area contributed by atoms with Crippen molar-refractivity contribution < 1.29 is 14.3 Å². The monoisotopic (exact) mass is 379 g/mol. The Hall–Kier alpha value is -3.48. The molecule has 0 spiro atoms. The maximum absolute atomic E-state index is 12.2. The van der Waals surface area contributed by atoms with Crippen LogP contribution in [0.3, 0.4) is 0 Å². The summed E-state index contributed by atoms with van der Waals surface area (Å²) in [5.41, 5.74) is 1.98. The van der Waals surface area contributed by atoms with Crippen LogP contribution in [-0.4, -0.2) is 27.9 Å². The fraction of sp³-hybridized carbons (Fsp3) is 0.238. The minimum atomic E-state index is -0.934. The number of H-pyrrole nitrogens is 1. The van der Waals surface area contributed by atoms with E-state index in [1.54, 1.807) is 30.3 Å². The highest BCUT2D eigenvalue weighted by Gasteiger charge is 2.18. The van der Waals surface area contributed by atoms with Crippen molar-refractivity contribution in [3.05, 3.63) is 70.3 Å². The van der Waals surface area contributed by atoms with Gasteiger partial charge < -0.3 is 15.0 Å². The summed E-state index contributed by atoms with van der Waals surface area (Å²) < 4.78 is 5.18. The summed E-state index contributed by atoms with van der Waals surface area (Å²) in [7, 11) is 0. The smallest absolute Gasteiger partial charge is 0.307 e. The number of esters is 1. The van der Waals surface area contributed by atoms with Gasteiger partial charge in [0.1, 0.15) is 5.82 Å². The zero-order chi connectivity index (χ0) is 20.1. The number of anilines is 1. The molecular formula is C21H21N3O4. The van der Waals surface area contributed by atoms with Crippen LogP contribution in [0.5, 0.6) is 0 Å². The molecule has 0 unspecified atom stereocenters. The van der Waals surface area contributed by atoms with Crippen molar-refractivity contribution in [2.45, 2.75) is 32.8 Å². The van der Waals surface area contributed by atoms with E-state index < -0.39 is 18.0 Å². The molecular weight excluding hydrogens is 358 g/mol. The van der Waals surface area contributed by atoms with E-state index in [2.05, 4.69) is 15.3 Å². The highest BCUT2D eigenvalue weighted by Crippen LogP contribution is 2.11. The third kappa shape index (κ3) is 4.82. The van der Waals surface area contributed by atoms with Crippen molar-refractivity contribution in [2.24, 2.45) is 0 Å². The highest BCUT2D eigenvalue weighted by atomic mass is 16.5. The van der Waals surface area contributed by atoms with E-state index in [1.165, 1.54) is 6.92 Å². The summed E-state index contributed by atoms with van der Waals surface area (Å²) >= 11 is 0. The lowest BCUT2D eigenvalue weighted by Crippen LogP contribution is -2.30. The number of aryl methyl sites for hydroxylation is 2. The molecule has 3 aromatic rings. The first-order valence-corrected chi connectivity index (χ1v) is 8.97. The van der Waals surface area contributed by atoms with Gasteiger partial charge in [-0.1, -0.05) is 24.3 Å². The number of carbonyl (C=O) groups is 2. The SMILES string of the molecule is Cc1cccc(NC(=O)[C@@H](C)OC(=O)CCc2nc3ccccc3c(=O)[nH]2)c1. The van der Waals surface area contributed by atoms with E-state index in [1.807, 2.05) is 25.1 Å². The maximum atomic E-state index is 12.2. The number of ether oxygens (including phenoxy) is 1. The molecule has 0 aliphatic rings. The Morgan fingerprint density at radius 1 is 1.18 bits per heavy atom. The lowest BCUT2D eigenvalue weighted by Gasteiger charge is -2.13. The average Bonchev–Trinajstić information content (AvgIpc) is 2.66. The predicted octanol–water partition coefficient (Wildman–Crippen LogP) is 2.73. The first-order chi connectivity index (χ1) is 13.4. The van der Waals surface area contributed by atoms with Gasteiger partial charge in [-0.05, 0) is 43.7 Å². The van der Waals surface area contributed by atoms with Gasteiger partial charge >= 0.3 is 5.97 Å². The molecule has 2 N–H and O–H groups in total. The van der Waals surface area contributed by atoms with Gasteiger partial charge in [0.2, 0.25) is 0 Å². The summed E-state index contributed by atoms with van der Waals surface area (Å²) in [4.78, 5) is 43.3. The van der Waals surface area contributed by atoms with Crippen LogP contribution in [0.4, 0.5) is 5.69 Å². The summed E-state index contributed by atoms with van der Waals surface area (Å²) in [6, 6.07) is 14.3. The Balaban J connectivity index is 1.55. The second kappa shape index (κ2) is 8.47. The van der Waals surface area contributed by atoms with E-state index in [4.69, 9.17) is 4.74 Å². The van der Waals surface area contributed by atoms with Crippen LogP contribution in [-0.2, 0) is 20.7 Å². The van der Waals surface area contributed by atoms with Crippen molar-refractivity contribution in [1.82, 2.24) is 9.97 Å². The Labute approximate surface area is 161 Å². The summed E-state index contributed by atoms with van der Waals surface area (Å²) in [5, 5.41) is 3.21. The molecule has 7 heteroatoms. The number of nitrogens with one attached hydrogen (secondary N) is 2. The van der Waals surface area contributed by atoms with E-state index in [9.17, 15) is 14.4 Å². The van der Waals surface area contributed by atoms with Crippen molar-refractivity contribution in [1.29, 1.82) is 0 Å². The fourth-order valence-corrected chi connectivity index (χ4v) is 2.75. The molecule has 0 saturated carbocycles. The van der Waals surface area contributed by atoms with Crippen LogP contribution in [0.1, 0.15) is 24.7 Å². The molecule has 0 bridgehead atoms. The van der Waals surface area contributed by atoms with Gasteiger partial charge in [0.15, 0.2) is 6.10 Å². The van der Waals surface area contributed by atoms with Crippen LogP contribution in [0, 0.1) is 6.92 Å². The highest BCUT2D eigenvalue weighted by molar-refractivity contribution is 5.95. The van der Waals surface area contributed by atoms with Gasteiger partial charge in [0.05, 0.1) is 17.3 Å². The molecule has 1 atom stereocenters. The fourth-order valence-electron chi connectivity index (χ4n) is 2.75. The summed E-state index contributed by atoms with van der Waals surface area (Å²) in [5.74, 6) is -0.545. The van der Waals surface area contributed by atoms with Gasteiger partial charge in [-0.3, -0.25) is 14.4 Å². The molecule has 1 heterocycles. The van der Waals surface area contributed by atoms with Gasteiger partial charge in [0, 0.05) is 12.1 Å². The van der Waals surface area contributed by atoms with E-state index in [0.717, 1.165) is 5.56 Å². The lowest BCUT2D eigenvalue weighted by atomic mass is 10.2. The second-order valence-corrected chi connectivity index (χ2v) is 6.52. The molecule has 0 saturated heterocycles. The number of amides is 1. The molecule has 144 valence electrons. The number of nitrogens with zero attached hydrogens (tertiary/aromatic N) is 1. The summed E-state index contributed by atoms with van der Waals surface area (Å²) in [6.07, 6.45) is -0.717. The van der Waals surface area contributed by atoms with Gasteiger partial charge in [0.25, 0.3) is 11.5 Å². The molecule has 28 heavy (non-hydrogen) atoms. The van der Waals surface area contributed by atoms with Crippen molar-refractivity contribution in [2.75, 3.05) is 5.32 Å². The van der Waals surface area contributed by atoms with Crippen LogP contribution in [0.2, 0.25) is 0 Å². The van der Waals surface area contributed by atoms with Gasteiger partial charge in [-0.2, -0.15) is 0 Å². The minimum absolute atomic E-state index is 0.00332. The standard InChI is InChI=1S/C21H21N3O4/c1-13-6-5-7-15(12-13)22-20(26)14(2)28-19(25)11-10-18-23-17-9-4-3-8-16(17)21(27)24-18/h3-9,12,14H,10-11H2,1-2H3,(H,22,26)(H,23,24,27)/t14-/m1/s1. The molecule has 0 radical (unpaired) electrons. The Bertz CT molecular complexity index is 1070. The zero-order valence-corrected chi connectivity index (χ0v) is 15.7. The van der Waals surface area contributed by atoms with Crippen LogP contribution in [0.25, 0.3) is 10.9 Å². The van der Waals surface area contributed by atoms with Gasteiger partial charge in [-0.25, -0.2) is 4.98 Å². The number of aromatic nitrogens is 2. The number of para-hydroxylation sites is 1. The Morgan fingerprint density at radius 3 is 2.75 bits per heavy atom. The molecule has 1 amide bonds. The van der Waals surface area contributed by atoms with Crippen LogP contribution >= 0.6 is 0 Å². The quantitative estimate of drug-likeness (QED) is 0.641. The van der Waals surface area contributed by atoms with Crippen LogP contribution < -0.4 is 10.9 Å². The van der Waals surface area contributed by atoms with Crippen molar-refractivity contribution in [3.63, 3.8) is 0 Å². The molecule has 0 aliphatic heterocycles. The van der Waals surface area contributed by atoms with Crippen molar-refractivity contribution >= 4 is 28.5 Å². The van der Waals surface area contributed by atoms with Gasteiger partial charge in [-0.15, -0.1) is 0 Å². The number of aromatic amines is 1. The number of fused-ring (bicyclic) bond motifs is 1. The molecule has 0 aliphatic carbocycles. The third-order valence-electron chi connectivity index (χ3n) is 4.19. The minimum Gasteiger partial charge on any atom is -0.453 e. The topological polar surface area (TPSA) is 101 Å². The number of benzene rings is 2. The molecule has 2 aromatic carbocycles. The predicted molar refractivity (Wildman–Crippen MR) is 106 cm³/mol. The normalized spacial score (nSPS) is 11.8. The van der Waals surface area contributed by atoms with E-state index in [-0.39, 0.29) is 18.4 Å². The zero-order valence-electron chi connectivity index (χ0n) is 15.7. The number of hydrogen-bond acceptors (Lipinski definition) is 5. The third-order valence-corrected chi connectivity index (χ3v) is 4.19. The molecule has 0 fully saturated rings. The van der Waals surface area contributed by atoms with Crippen molar-refractivity contribution in [3.8, 4) is 0 Å².